The van der Waals surface area contributed by atoms with E-state index < -0.39 is 0 Å². The first-order chi connectivity index (χ1) is 10.2. The molecule has 0 saturated carbocycles. The van der Waals surface area contributed by atoms with Crippen molar-refractivity contribution in [2.75, 3.05) is 25.5 Å². The molecule has 2 N–H and O–H groups in total. The van der Waals surface area contributed by atoms with Crippen LogP contribution in [0.1, 0.15) is 43.0 Å². The van der Waals surface area contributed by atoms with Crippen LogP contribution >= 0.6 is 0 Å². The molecule has 21 heavy (non-hydrogen) atoms. The second-order valence-corrected chi connectivity index (χ2v) is 4.80. The first-order valence-electron chi connectivity index (χ1n) is 7.36. The molecule has 0 unspecified atom stereocenters. The lowest BCUT2D eigenvalue weighted by Gasteiger charge is -2.08. The molecule has 1 aromatic carbocycles. The highest BCUT2D eigenvalue weighted by Crippen LogP contribution is 2.10. The molecular weight excluding hydrogens is 268 g/mol. The summed E-state index contributed by atoms with van der Waals surface area (Å²) in [7, 11) is 1.35. The lowest BCUT2D eigenvalue weighted by atomic mass is 10.2. The third kappa shape index (κ3) is 6.79. The van der Waals surface area contributed by atoms with Crippen molar-refractivity contribution in [3.05, 3.63) is 29.8 Å². The maximum absolute atomic E-state index is 11.6. The molecule has 0 radical (unpaired) electrons. The summed E-state index contributed by atoms with van der Waals surface area (Å²) in [6.07, 6.45) is 3.76. The fraction of sp³-hybridized carbons (Fsp3) is 0.500. The number of methoxy groups -OCH3 is 1. The van der Waals surface area contributed by atoms with Crippen molar-refractivity contribution in [3.63, 3.8) is 0 Å². The topological polar surface area (TPSA) is 67.4 Å². The second-order valence-electron chi connectivity index (χ2n) is 4.80. The fourth-order valence-corrected chi connectivity index (χ4v) is 1.85. The zero-order chi connectivity index (χ0) is 15.5. The number of carbonyl (C=O) groups is 2. The Hall–Kier alpha value is -2.04. The zero-order valence-electron chi connectivity index (χ0n) is 12.8. The molecule has 0 heterocycles. The van der Waals surface area contributed by atoms with E-state index in [2.05, 4.69) is 22.3 Å². The molecule has 116 valence electrons. The third-order valence-corrected chi connectivity index (χ3v) is 3.09. The van der Waals surface area contributed by atoms with Crippen molar-refractivity contribution >= 4 is 17.6 Å². The third-order valence-electron chi connectivity index (χ3n) is 3.09. The average molecular weight is 292 g/mol. The van der Waals surface area contributed by atoms with Crippen LogP contribution in [0.5, 0.6) is 0 Å². The monoisotopic (exact) mass is 292 g/mol. The molecule has 0 aliphatic carbocycles. The highest BCUT2D eigenvalue weighted by molar-refractivity contribution is 5.89. The van der Waals surface area contributed by atoms with Crippen LogP contribution in [0.2, 0.25) is 0 Å². The van der Waals surface area contributed by atoms with Gasteiger partial charge in [-0.25, -0.2) is 4.79 Å². The molecule has 5 nitrogen and oxygen atoms in total. The van der Waals surface area contributed by atoms with Crippen molar-refractivity contribution < 1.29 is 14.3 Å². The largest absolute Gasteiger partial charge is 0.465 e. The molecule has 0 spiro atoms. The van der Waals surface area contributed by atoms with Crippen LogP contribution in [-0.2, 0) is 9.53 Å². The van der Waals surface area contributed by atoms with Gasteiger partial charge in [0.05, 0.1) is 12.7 Å². The van der Waals surface area contributed by atoms with Crippen molar-refractivity contribution in [1.29, 1.82) is 0 Å². The number of nitrogens with one attached hydrogen (secondary N) is 2. The second kappa shape index (κ2) is 9.80. The van der Waals surface area contributed by atoms with Gasteiger partial charge in [-0.3, -0.25) is 4.79 Å². The van der Waals surface area contributed by atoms with E-state index in [-0.39, 0.29) is 11.9 Å². The zero-order valence-corrected chi connectivity index (χ0v) is 12.8. The number of hydrogen-bond donors (Lipinski definition) is 2. The Morgan fingerprint density at radius 1 is 1.10 bits per heavy atom. The maximum Gasteiger partial charge on any atom is 0.337 e. The van der Waals surface area contributed by atoms with Crippen LogP contribution < -0.4 is 10.6 Å². The van der Waals surface area contributed by atoms with Crippen LogP contribution in [-0.4, -0.2) is 32.1 Å². The minimum Gasteiger partial charge on any atom is -0.465 e. The van der Waals surface area contributed by atoms with Gasteiger partial charge in [-0.1, -0.05) is 19.8 Å². The van der Waals surface area contributed by atoms with Gasteiger partial charge in [-0.15, -0.1) is 0 Å². The molecule has 0 aromatic heterocycles. The Labute approximate surface area is 126 Å². The molecule has 0 bridgehead atoms. The first kappa shape index (κ1) is 17.0. The van der Waals surface area contributed by atoms with E-state index in [4.69, 9.17) is 0 Å². The molecule has 1 amide bonds. The van der Waals surface area contributed by atoms with Crippen molar-refractivity contribution in [3.8, 4) is 0 Å². The number of carbonyl (C=O) groups excluding carboxylic acids is 2. The molecule has 0 aliphatic heterocycles. The molecule has 0 saturated heterocycles. The van der Waals surface area contributed by atoms with Crippen LogP contribution in [0.25, 0.3) is 0 Å². The van der Waals surface area contributed by atoms with Gasteiger partial charge in [-0.05, 0) is 30.7 Å². The Morgan fingerprint density at radius 2 is 1.81 bits per heavy atom. The predicted octanol–water partition coefficient (Wildman–Crippen LogP) is 2.58. The van der Waals surface area contributed by atoms with E-state index in [0.717, 1.165) is 31.5 Å². The van der Waals surface area contributed by atoms with Crippen molar-refractivity contribution in [1.82, 2.24) is 5.32 Å². The van der Waals surface area contributed by atoms with Gasteiger partial charge >= 0.3 is 5.97 Å². The summed E-state index contributed by atoms with van der Waals surface area (Å²) < 4.78 is 4.63. The van der Waals surface area contributed by atoms with Crippen LogP contribution in [0.15, 0.2) is 24.3 Å². The number of rotatable bonds is 9. The number of hydrogen-bond acceptors (Lipinski definition) is 4. The number of esters is 1. The molecule has 1 aromatic rings. The van der Waals surface area contributed by atoms with E-state index >= 15 is 0 Å². The Balaban J connectivity index is 2.23. The molecule has 0 atom stereocenters. The molecular formula is C16H24N2O3. The molecule has 1 rings (SSSR count). The lowest BCUT2D eigenvalue weighted by molar-refractivity contribution is -0.120. The lowest BCUT2D eigenvalue weighted by Crippen LogP contribution is -2.26. The molecule has 5 heteroatoms. The van der Waals surface area contributed by atoms with Gasteiger partial charge in [0, 0.05) is 25.2 Å². The van der Waals surface area contributed by atoms with E-state index in [1.807, 2.05) is 0 Å². The van der Waals surface area contributed by atoms with Crippen molar-refractivity contribution in [2.24, 2.45) is 0 Å². The SMILES string of the molecule is CCCCCNC(=O)CCNc1ccc(C(=O)OC)cc1. The standard InChI is InChI=1S/C16H24N2O3/c1-3-4-5-11-18-15(19)10-12-17-14-8-6-13(7-9-14)16(20)21-2/h6-9,17H,3-5,10-12H2,1-2H3,(H,18,19). The van der Waals surface area contributed by atoms with Gasteiger partial charge in [0.15, 0.2) is 0 Å². The van der Waals surface area contributed by atoms with Gasteiger partial charge in [0.1, 0.15) is 0 Å². The predicted molar refractivity (Wildman–Crippen MR) is 83.4 cm³/mol. The van der Waals surface area contributed by atoms with E-state index in [0.29, 0.717) is 18.5 Å². The Bertz CT molecular complexity index is 443. The van der Waals surface area contributed by atoms with Gasteiger partial charge < -0.3 is 15.4 Å². The summed E-state index contributed by atoms with van der Waals surface area (Å²) in [4.78, 5) is 22.8. The van der Waals surface area contributed by atoms with E-state index in [1.165, 1.54) is 7.11 Å². The molecule has 0 aliphatic rings. The highest BCUT2D eigenvalue weighted by Gasteiger charge is 2.04. The summed E-state index contributed by atoms with van der Waals surface area (Å²) in [5, 5.41) is 6.04. The smallest absolute Gasteiger partial charge is 0.337 e. The number of unbranched alkanes of at least 4 members (excludes halogenated alkanes) is 2. The minimum atomic E-state index is -0.354. The normalized spacial score (nSPS) is 10.0. The minimum absolute atomic E-state index is 0.0600. The number of anilines is 1. The number of benzene rings is 1. The van der Waals surface area contributed by atoms with Crippen LogP contribution in [0.3, 0.4) is 0 Å². The summed E-state index contributed by atoms with van der Waals surface area (Å²) in [6, 6.07) is 6.98. The summed E-state index contributed by atoms with van der Waals surface area (Å²) in [5.41, 5.74) is 1.39. The van der Waals surface area contributed by atoms with Gasteiger partial charge in [0.25, 0.3) is 0 Å². The van der Waals surface area contributed by atoms with Crippen molar-refractivity contribution in [2.45, 2.75) is 32.6 Å². The van der Waals surface area contributed by atoms with Crippen LogP contribution in [0, 0.1) is 0 Å². The maximum atomic E-state index is 11.6. The fourth-order valence-electron chi connectivity index (χ4n) is 1.85. The highest BCUT2D eigenvalue weighted by atomic mass is 16.5. The first-order valence-corrected chi connectivity index (χ1v) is 7.36. The number of amides is 1. The summed E-state index contributed by atoms with van der Waals surface area (Å²) >= 11 is 0. The average Bonchev–Trinajstić information content (AvgIpc) is 2.51. The Kier molecular flexibility index (Phi) is 7.94. The van der Waals surface area contributed by atoms with E-state index in [9.17, 15) is 9.59 Å². The Morgan fingerprint density at radius 3 is 2.43 bits per heavy atom. The van der Waals surface area contributed by atoms with Gasteiger partial charge in [-0.2, -0.15) is 0 Å². The van der Waals surface area contributed by atoms with Crippen LogP contribution in [0.4, 0.5) is 5.69 Å². The summed E-state index contributed by atoms with van der Waals surface area (Å²) in [5.74, 6) is -0.294. The van der Waals surface area contributed by atoms with Gasteiger partial charge in [0.2, 0.25) is 5.91 Å². The quantitative estimate of drug-likeness (QED) is 0.542. The summed E-state index contributed by atoms with van der Waals surface area (Å²) in [6.45, 7) is 3.45. The molecule has 0 fully saturated rings. The van der Waals surface area contributed by atoms with E-state index in [1.54, 1.807) is 24.3 Å². The number of ether oxygens (including phenoxy) is 1.